The van der Waals surface area contributed by atoms with Crippen LogP contribution in [0, 0.1) is 20.8 Å². The fraction of sp³-hybridized carbons (Fsp3) is 0.316. The molecule has 2 nitrogen and oxygen atoms in total. The summed E-state index contributed by atoms with van der Waals surface area (Å²) in [5.41, 5.74) is 4.62. The van der Waals surface area contributed by atoms with Crippen molar-refractivity contribution in [2.75, 3.05) is 17.2 Å². The summed E-state index contributed by atoms with van der Waals surface area (Å²) < 4.78 is 0. The average Bonchev–Trinajstić information content (AvgIpc) is 2.49. The van der Waals surface area contributed by atoms with Crippen LogP contribution in [0.4, 0.5) is 5.69 Å². The van der Waals surface area contributed by atoms with Gasteiger partial charge in [-0.1, -0.05) is 35.4 Å². The molecule has 2 aromatic rings. The number of amides is 1. The molecule has 0 aliphatic rings. The van der Waals surface area contributed by atoms with Crippen molar-refractivity contribution in [1.29, 1.82) is 0 Å². The largest absolute Gasteiger partial charge is 0.312 e. The van der Waals surface area contributed by atoms with Gasteiger partial charge in [-0.05, 0) is 51.5 Å². The normalized spacial score (nSPS) is 10.5. The Bertz CT molecular complexity index is 649. The molecule has 116 valence electrons. The van der Waals surface area contributed by atoms with Gasteiger partial charge in [0.25, 0.3) is 0 Å². The molecule has 0 aromatic heterocycles. The van der Waals surface area contributed by atoms with E-state index in [4.69, 9.17) is 0 Å². The van der Waals surface area contributed by atoms with Gasteiger partial charge in [-0.2, -0.15) is 0 Å². The maximum atomic E-state index is 12.6. The first kappa shape index (κ1) is 16.6. The van der Waals surface area contributed by atoms with Gasteiger partial charge in [-0.3, -0.25) is 4.79 Å². The maximum Gasteiger partial charge on any atom is 0.237 e. The van der Waals surface area contributed by atoms with E-state index in [1.165, 1.54) is 11.1 Å². The molecule has 0 radical (unpaired) electrons. The summed E-state index contributed by atoms with van der Waals surface area (Å²) in [6, 6.07) is 14.5. The van der Waals surface area contributed by atoms with Crippen molar-refractivity contribution >= 4 is 23.4 Å². The van der Waals surface area contributed by atoms with Crippen LogP contribution in [0.25, 0.3) is 0 Å². The summed E-state index contributed by atoms with van der Waals surface area (Å²) in [5, 5.41) is 0. The number of nitrogens with zero attached hydrogens (tertiary/aromatic N) is 1. The number of anilines is 1. The first-order valence-electron chi connectivity index (χ1n) is 7.58. The van der Waals surface area contributed by atoms with Crippen LogP contribution in [0.2, 0.25) is 0 Å². The minimum atomic E-state index is 0.153. The Kier molecular flexibility index (Phi) is 5.67. The molecule has 2 rings (SSSR count). The van der Waals surface area contributed by atoms with Crippen LogP contribution >= 0.6 is 11.8 Å². The average molecular weight is 313 g/mol. The minimum Gasteiger partial charge on any atom is -0.312 e. The van der Waals surface area contributed by atoms with E-state index < -0.39 is 0 Å². The van der Waals surface area contributed by atoms with Crippen LogP contribution in [-0.4, -0.2) is 18.2 Å². The molecule has 0 unspecified atom stereocenters. The number of hydrogen-bond acceptors (Lipinski definition) is 2. The third-order valence-corrected chi connectivity index (χ3v) is 4.64. The van der Waals surface area contributed by atoms with Crippen molar-refractivity contribution in [3.63, 3.8) is 0 Å². The first-order chi connectivity index (χ1) is 10.5. The van der Waals surface area contributed by atoms with E-state index >= 15 is 0 Å². The summed E-state index contributed by atoms with van der Waals surface area (Å²) in [5.74, 6) is 0.615. The number of carbonyl (C=O) groups excluding carboxylic acids is 1. The summed E-state index contributed by atoms with van der Waals surface area (Å²) >= 11 is 1.59. The molecule has 0 spiro atoms. The summed E-state index contributed by atoms with van der Waals surface area (Å²) in [7, 11) is 0. The lowest BCUT2D eigenvalue weighted by atomic mass is 10.1. The Morgan fingerprint density at radius 3 is 2.23 bits per heavy atom. The highest BCUT2D eigenvalue weighted by Gasteiger charge is 2.16. The van der Waals surface area contributed by atoms with Crippen LogP contribution in [-0.2, 0) is 4.79 Å². The summed E-state index contributed by atoms with van der Waals surface area (Å²) in [4.78, 5) is 15.6. The van der Waals surface area contributed by atoms with E-state index in [2.05, 4.69) is 57.2 Å². The monoisotopic (exact) mass is 313 g/mol. The van der Waals surface area contributed by atoms with Gasteiger partial charge in [0.1, 0.15) is 0 Å². The predicted molar refractivity (Wildman–Crippen MR) is 95.8 cm³/mol. The van der Waals surface area contributed by atoms with Gasteiger partial charge in [0.2, 0.25) is 5.91 Å². The number of benzene rings is 2. The zero-order valence-electron chi connectivity index (χ0n) is 13.7. The third kappa shape index (κ3) is 4.14. The van der Waals surface area contributed by atoms with Gasteiger partial charge in [-0.15, -0.1) is 11.8 Å². The zero-order chi connectivity index (χ0) is 16.1. The number of rotatable bonds is 5. The standard InChI is InChI=1S/C19H23NOS/c1-5-20(18-11-8-15(3)12-16(18)4)19(21)13-22-17-9-6-14(2)7-10-17/h6-12H,5,13H2,1-4H3. The Morgan fingerprint density at radius 2 is 1.64 bits per heavy atom. The Labute approximate surface area is 137 Å². The zero-order valence-corrected chi connectivity index (χ0v) is 14.5. The van der Waals surface area contributed by atoms with Crippen LogP contribution in [0.5, 0.6) is 0 Å². The summed E-state index contributed by atoms with van der Waals surface area (Å²) in [6.45, 7) is 8.91. The maximum absolute atomic E-state index is 12.6. The van der Waals surface area contributed by atoms with Crippen molar-refractivity contribution in [1.82, 2.24) is 0 Å². The molecule has 0 N–H and O–H groups in total. The molecule has 0 aliphatic carbocycles. The molecule has 0 heterocycles. The van der Waals surface area contributed by atoms with Crippen molar-refractivity contribution in [2.24, 2.45) is 0 Å². The lowest BCUT2D eigenvalue weighted by molar-refractivity contribution is -0.116. The minimum absolute atomic E-state index is 0.153. The van der Waals surface area contributed by atoms with Gasteiger partial charge < -0.3 is 4.90 Å². The van der Waals surface area contributed by atoms with Crippen LogP contribution in [0.3, 0.4) is 0 Å². The van der Waals surface area contributed by atoms with E-state index in [1.807, 2.05) is 17.9 Å². The summed E-state index contributed by atoms with van der Waals surface area (Å²) in [6.07, 6.45) is 0. The van der Waals surface area contributed by atoms with Crippen molar-refractivity contribution < 1.29 is 4.79 Å². The molecular weight excluding hydrogens is 290 g/mol. The van der Waals surface area contributed by atoms with Crippen LogP contribution in [0.1, 0.15) is 23.6 Å². The Morgan fingerprint density at radius 1 is 1.00 bits per heavy atom. The molecule has 1 amide bonds. The highest BCUT2D eigenvalue weighted by Crippen LogP contribution is 2.24. The van der Waals surface area contributed by atoms with Crippen molar-refractivity contribution in [3.05, 3.63) is 59.2 Å². The number of carbonyl (C=O) groups is 1. The van der Waals surface area contributed by atoms with E-state index in [0.717, 1.165) is 16.1 Å². The lowest BCUT2D eigenvalue weighted by Crippen LogP contribution is -2.32. The van der Waals surface area contributed by atoms with Gasteiger partial charge in [-0.25, -0.2) is 0 Å². The first-order valence-corrected chi connectivity index (χ1v) is 8.57. The fourth-order valence-corrected chi connectivity index (χ4v) is 3.22. The second kappa shape index (κ2) is 7.50. The lowest BCUT2D eigenvalue weighted by Gasteiger charge is -2.23. The topological polar surface area (TPSA) is 20.3 Å². The molecule has 0 bridgehead atoms. The van der Waals surface area contributed by atoms with Gasteiger partial charge >= 0.3 is 0 Å². The molecule has 3 heteroatoms. The van der Waals surface area contributed by atoms with Gasteiger partial charge in [0, 0.05) is 17.1 Å². The Hall–Kier alpha value is -1.74. The van der Waals surface area contributed by atoms with Crippen LogP contribution < -0.4 is 4.90 Å². The molecule has 0 saturated carbocycles. The molecular formula is C19H23NOS. The van der Waals surface area contributed by atoms with Crippen molar-refractivity contribution in [3.8, 4) is 0 Å². The fourth-order valence-electron chi connectivity index (χ4n) is 2.45. The third-order valence-electron chi connectivity index (χ3n) is 3.64. The van der Waals surface area contributed by atoms with Crippen molar-refractivity contribution in [2.45, 2.75) is 32.6 Å². The van der Waals surface area contributed by atoms with E-state index in [1.54, 1.807) is 11.8 Å². The second-order valence-corrected chi connectivity index (χ2v) is 6.58. The molecule has 0 aliphatic heterocycles. The smallest absolute Gasteiger partial charge is 0.237 e. The quantitative estimate of drug-likeness (QED) is 0.742. The van der Waals surface area contributed by atoms with Crippen LogP contribution in [0.15, 0.2) is 47.4 Å². The molecule has 2 aromatic carbocycles. The number of thioether (sulfide) groups is 1. The highest BCUT2D eigenvalue weighted by molar-refractivity contribution is 8.00. The molecule has 22 heavy (non-hydrogen) atoms. The van der Waals surface area contributed by atoms with E-state index in [0.29, 0.717) is 12.3 Å². The van der Waals surface area contributed by atoms with E-state index in [-0.39, 0.29) is 5.91 Å². The van der Waals surface area contributed by atoms with Gasteiger partial charge in [0.15, 0.2) is 0 Å². The second-order valence-electron chi connectivity index (χ2n) is 5.53. The number of hydrogen-bond donors (Lipinski definition) is 0. The Balaban J connectivity index is 2.07. The SMILES string of the molecule is CCN(C(=O)CSc1ccc(C)cc1)c1ccc(C)cc1C. The van der Waals surface area contributed by atoms with E-state index in [9.17, 15) is 4.79 Å². The van der Waals surface area contributed by atoms with Gasteiger partial charge in [0.05, 0.1) is 5.75 Å². The molecule has 0 fully saturated rings. The highest BCUT2D eigenvalue weighted by atomic mass is 32.2. The predicted octanol–water partition coefficient (Wildman–Crippen LogP) is 4.76. The molecule has 0 atom stereocenters. The molecule has 0 saturated heterocycles. The number of aryl methyl sites for hydroxylation is 3.